The van der Waals surface area contributed by atoms with E-state index in [4.69, 9.17) is 4.74 Å². The Morgan fingerprint density at radius 3 is 2.94 bits per heavy atom. The number of hydrogen-bond acceptors (Lipinski definition) is 6. The van der Waals surface area contributed by atoms with E-state index in [-0.39, 0.29) is 5.69 Å². The van der Waals surface area contributed by atoms with Crippen molar-refractivity contribution >= 4 is 11.5 Å². The number of morpholine rings is 1. The monoisotopic (exact) mass is 224 g/mol. The van der Waals surface area contributed by atoms with Crippen LogP contribution in [0.5, 0.6) is 0 Å². The number of hydrogen-bond donors (Lipinski definition) is 1. The molecule has 0 spiro atoms. The van der Waals surface area contributed by atoms with Gasteiger partial charge in [-0.3, -0.25) is 10.1 Å². The molecule has 0 atom stereocenters. The van der Waals surface area contributed by atoms with Crippen molar-refractivity contribution in [3.05, 3.63) is 28.4 Å². The fourth-order valence-corrected chi connectivity index (χ4v) is 1.43. The lowest BCUT2D eigenvalue weighted by atomic mass is 10.4. The molecule has 7 nitrogen and oxygen atoms in total. The number of nitro groups is 1. The van der Waals surface area contributed by atoms with Crippen LogP contribution in [0, 0.1) is 10.1 Å². The Morgan fingerprint density at radius 2 is 2.25 bits per heavy atom. The number of hydrazine groups is 1. The zero-order valence-electron chi connectivity index (χ0n) is 8.63. The summed E-state index contributed by atoms with van der Waals surface area (Å²) in [5.41, 5.74) is 3.05. The predicted octanol–water partition coefficient (Wildman–Crippen LogP) is 0.649. The lowest BCUT2D eigenvalue weighted by Crippen LogP contribution is -2.40. The Balaban J connectivity index is 2.02. The molecule has 0 unspecified atom stereocenters. The van der Waals surface area contributed by atoms with Gasteiger partial charge in [0.1, 0.15) is 5.82 Å². The van der Waals surface area contributed by atoms with Crippen molar-refractivity contribution in [3.63, 3.8) is 0 Å². The second-order valence-electron chi connectivity index (χ2n) is 3.37. The van der Waals surface area contributed by atoms with Gasteiger partial charge in [0.05, 0.1) is 24.2 Å². The third-order valence-electron chi connectivity index (χ3n) is 2.24. The third kappa shape index (κ3) is 2.65. The summed E-state index contributed by atoms with van der Waals surface area (Å²) in [4.78, 5) is 14.1. The van der Waals surface area contributed by atoms with Crippen molar-refractivity contribution in [1.82, 2.24) is 9.99 Å². The summed E-state index contributed by atoms with van der Waals surface area (Å²) in [6.45, 7) is 2.79. The fraction of sp³-hybridized carbons (Fsp3) is 0.444. The molecule has 0 amide bonds. The molecule has 2 heterocycles. The average molecular weight is 224 g/mol. The maximum Gasteiger partial charge on any atom is 0.274 e. The number of ether oxygens (including phenoxy) is 1. The van der Waals surface area contributed by atoms with E-state index in [0.717, 1.165) is 13.1 Å². The van der Waals surface area contributed by atoms with E-state index < -0.39 is 4.92 Å². The Labute approximate surface area is 92.2 Å². The van der Waals surface area contributed by atoms with Gasteiger partial charge in [-0.25, -0.2) is 9.99 Å². The molecule has 0 bridgehead atoms. The smallest absolute Gasteiger partial charge is 0.274 e. The number of anilines is 1. The number of pyridine rings is 1. The van der Waals surface area contributed by atoms with Gasteiger partial charge in [-0.1, -0.05) is 0 Å². The Morgan fingerprint density at radius 1 is 1.50 bits per heavy atom. The van der Waals surface area contributed by atoms with Crippen molar-refractivity contribution in [3.8, 4) is 0 Å². The van der Waals surface area contributed by atoms with E-state index in [2.05, 4.69) is 10.4 Å². The zero-order valence-corrected chi connectivity index (χ0v) is 8.63. The summed E-state index contributed by atoms with van der Waals surface area (Å²) in [6.07, 6.45) is 1.42. The molecule has 0 radical (unpaired) electrons. The van der Waals surface area contributed by atoms with Crippen LogP contribution in [0.3, 0.4) is 0 Å². The highest BCUT2D eigenvalue weighted by atomic mass is 16.6. The van der Waals surface area contributed by atoms with Crippen molar-refractivity contribution in [2.45, 2.75) is 0 Å². The van der Waals surface area contributed by atoms with Crippen LogP contribution in [0.2, 0.25) is 0 Å². The number of rotatable bonds is 3. The molecule has 0 aliphatic carbocycles. The number of aromatic nitrogens is 1. The summed E-state index contributed by atoms with van der Waals surface area (Å²) < 4.78 is 5.19. The molecule has 7 heteroatoms. The first-order valence-corrected chi connectivity index (χ1v) is 4.95. The topological polar surface area (TPSA) is 80.5 Å². The minimum atomic E-state index is -0.438. The highest BCUT2D eigenvalue weighted by Crippen LogP contribution is 2.14. The van der Waals surface area contributed by atoms with Gasteiger partial charge in [0.15, 0.2) is 0 Å². The van der Waals surface area contributed by atoms with Gasteiger partial charge >= 0.3 is 0 Å². The van der Waals surface area contributed by atoms with Crippen molar-refractivity contribution in [1.29, 1.82) is 0 Å². The highest BCUT2D eigenvalue weighted by molar-refractivity contribution is 5.43. The molecule has 1 aliphatic rings. The van der Waals surface area contributed by atoms with Crippen LogP contribution in [0.1, 0.15) is 0 Å². The van der Waals surface area contributed by atoms with E-state index in [9.17, 15) is 10.1 Å². The van der Waals surface area contributed by atoms with Gasteiger partial charge in [-0.05, 0) is 0 Å². The van der Waals surface area contributed by atoms with Crippen molar-refractivity contribution in [2.24, 2.45) is 0 Å². The van der Waals surface area contributed by atoms with E-state index in [1.807, 2.05) is 5.01 Å². The Bertz CT molecular complexity index is 379. The van der Waals surface area contributed by atoms with E-state index in [0.29, 0.717) is 19.0 Å². The van der Waals surface area contributed by atoms with Gasteiger partial charge in [-0.2, -0.15) is 0 Å². The van der Waals surface area contributed by atoms with Crippen LogP contribution < -0.4 is 5.43 Å². The first kappa shape index (κ1) is 10.8. The normalized spacial score (nSPS) is 17.0. The van der Waals surface area contributed by atoms with Crippen LogP contribution in [0.15, 0.2) is 18.3 Å². The van der Waals surface area contributed by atoms with Crippen LogP contribution in [-0.2, 0) is 4.74 Å². The second-order valence-corrected chi connectivity index (χ2v) is 3.37. The molecule has 0 saturated carbocycles. The van der Waals surface area contributed by atoms with Gasteiger partial charge in [0, 0.05) is 25.4 Å². The molecule has 86 valence electrons. The predicted molar refractivity (Wildman–Crippen MR) is 56.9 cm³/mol. The van der Waals surface area contributed by atoms with E-state index in [1.54, 1.807) is 0 Å². The van der Waals surface area contributed by atoms with Gasteiger partial charge < -0.3 is 10.2 Å². The molecular formula is C9H12N4O3. The summed E-state index contributed by atoms with van der Waals surface area (Å²) in [5, 5.41) is 12.5. The van der Waals surface area contributed by atoms with Crippen LogP contribution in [-0.4, -0.2) is 41.2 Å². The minimum absolute atomic E-state index is 0.0331. The van der Waals surface area contributed by atoms with Crippen molar-refractivity contribution in [2.75, 3.05) is 31.7 Å². The molecule has 0 aromatic carbocycles. The largest absolute Gasteiger partial charge is 0.379 e. The molecule has 1 saturated heterocycles. The lowest BCUT2D eigenvalue weighted by molar-refractivity contribution is -0.384. The summed E-state index contributed by atoms with van der Waals surface area (Å²) in [7, 11) is 0. The van der Waals surface area contributed by atoms with Crippen LogP contribution >= 0.6 is 0 Å². The van der Waals surface area contributed by atoms with E-state index >= 15 is 0 Å². The second kappa shape index (κ2) is 4.86. The minimum Gasteiger partial charge on any atom is -0.379 e. The van der Waals surface area contributed by atoms with Crippen LogP contribution in [0.4, 0.5) is 11.5 Å². The SMILES string of the molecule is O=[N+]([O-])c1ccnc(NN2CCOCC2)c1. The van der Waals surface area contributed by atoms with Gasteiger partial charge in [-0.15, -0.1) is 0 Å². The average Bonchev–Trinajstić information content (AvgIpc) is 2.30. The standard InChI is InChI=1S/C9H12N4O3/c14-13(15)8-1-2-10-9(7-8)11-12-3-5-16-6-4-12/h1-2,7H,3-6H2,(H,10,11). The third-order valence-corrected chi connectivity index (χ3v) is 2.24. The Kier molecular flexibility index (Phi) is 3.28. The quantitative estimate of drug-likeness (QED) is 0.599. The Hall–Kier alpha value is -1.73. The molecule has 1 aliphatic heterocycles. The molecule has 16 heavy (non-hydrogen) atoms. The molecule has 1 N–H and O–H groups in total. The maximum absolute atomic E-state index is 10.6. The first-order valence-electron chi connectivity index (χ1n) is 4.95. The number of nitrogens with zero attached hydrogens (tertiary/aromatic N) is 3. The summed E-state index contributed by atoms with van der Waals surface area (Å²) in [5.74, 6) is 0.483. The molecule has 1 aromatic rings. The molecule has 2 rings (SSSR count). The van der Waals surface area contributed by atoms with E-state index in [1.165, 1.54) is 18.3 Å². The maximum atomic E-state index is 10.6. The zero-order chi connectivity index (χ0) is 11.4. The first-order chi connectivity index (χ1) is 7.75. The summed E-state index contributed by atoms with van der Waals surface area (Å²) >= 11 is 0. The van der Waals surface area contributed by atoms with Crippen LogP contribution in [0.25, 0.3) is 0 Å². The van der Waals surface area contributed by atoms with Crippen molar-refractivity contribution < 1.29 is 9.66 Å². The highest BCUT2D eigenvalue weighted by Gasteiger charge is 2.12. The number of nitrogens with one attached hydrogen (secondary N) is 1. The molecule has 1 aromatic heterocycles. The van der Waals surface area contributed by atoms with Gasteiger partial charge in [0.25, 0.3) is 5.69 Å². The molecular weight excluding hydrogens is 212 g/mol. The fourth-order valence-electron chi connectivity index (χ4n) is 1.43. The molecule has 1 fully saturated rings. The van der Waals surface area contributed by atoms with Gasteiger partial charge in [0.2, 0.25) is 0 Å². The lowest BCUT2D eigenvalue weighted by Gasteiger charge is -2.27. The summed E-state index contributed by atoms with van der Waals surface area (Å²) in [6, 6.07) is 2.78.